The van der Waals surface area contributed by atoms with Gasteiger partial charge >= 0.3 is 5.97 Å². The topological polar surface area (TPSA) is 64.1 Å². The summed E-state index contributed by atoms with van der Waals surface area (Å²) in [5, 5.41) is 4.20. The first-order valence-corrected chi connectivity index (χ1v) is 7.91. The number of ether oxygens (including phenoxy) is 1. The van der Waals surface area contributed by atoms with Crippen molar-refractivity contribution in [1.82, 2.24) is 9.97 Å². The fourth-order valence-electron chi connectivity index (χ4n) is 1.92. The first-order valence-electron chi connectivity index (χ1n) is 6.93. The third-order valence-corrected chi connectivity index (χ3v) is 4.70. The van der Waals surface area contributed by atoms with Crippen molar-refractivity contribution in [3.05, 3.63) is 12.4 Å². The molecule has 5 nitrogen and oxygen atoms in total. The van der Waals surface area contributed by atoms with Gasteiger partial charge < -0.3 is 10.1 Å². The summed E-state index contributed by atoms with van der Waals surface area (Å²) in [4.78, 5) is 19.8. The lowest BCUT2D eigenvalue weighted by atomic mass is 10.1. The average molecular weight is 295 g/mol. The average Bonchev–Trinajstić information content (AvgIpc) is 3.23. The second-order valence-corrected chi connectivity index (χ2v) is 6.21. The molecule has 1 N–H and O–H groups in total. The molecular formula is C14H21N3O2S. The molecule has 0 aliphatic heterocycles. The minimum absolute atomic E-state index is 0.115. The van der Waals surface area contributed by atoms with Crippen molar-refractivity contribution in [2.75, 3.05) is 24.7 Å². The van der Waals surface area contributed by atoms with Crippen LogP contribution in [0.25, 0.3) is 0 Å². The van der Waals surface area contributed by atoms with Gasteiger partial charge in [0.25, 0.3) is 0 Å². The minimum Gasteiger partial charge on any atom is -0.469 e. The number of carbonyl (C=O) groups excluding carboxylic acids is 1. The number of hydrogen-bond acceptors (Lipinski definition) is 6. The summed E-state index contributed by atoms with van der Waals surface area (Å²) in [7, 11) is 1.45. The van der Waals surface area contributed by atoms with Gasteiger partial charge in [-0.1, -0.05) is 6.92 Å². The van der Waals surface area contributed by atoms with Crippen molar-refractivity contribution in [1.29, 1.82) is 0 Å². The highest BCUT2D eigenvalue weighted by molar-refractivity contribution is 7.99. The molecule has 0 aromatic carbocycles. The Morgan fingerprint density at radius 2 is 2.30 bits per heavy atom. The highest BCUT2D eigenvalue weighted by Gasteiger charge is 2.44. The van der Waals surface area contributed by atoms with Crippen LogP contribution >= 0.6 is 11.8 Å². The Bertz CT molecular complexity index is 463. The molecule has 1 saturated carbocycles. The normalized spacial score (nSPS) is 15.7. The number of methoxy groups -OCH3 is 1. The number of aromatic nitrogens is 2. The molecule has 20 heavy (non-hydrogen) atoms. The van der Waals surface area contributed by atoms with Gasteiger partial charge in [-0.25, -0.2) is 9.97 Å². The van der Waals surface area contributed by atoms with Crippen molar-refractivity contribution < 1.29 is 9.53 Å². The summed E-state index contributed by atoms with van der Waals surface area (Å²) in [6.07, 6.45) is 5.36. The summed E-state index contributed by atoms with van der Waals surface area (Å²) in [5.41, 5.74) is 0.125. The molecule has 1 aromatic heterocycles. The zero-order valence-corrected chi connectivity index (χ0v) is 12.8. The van der Waals surface area contributed by atoms with Gasteiger partial charge in [-0.15, -0.1) is 11.8 Å². The molecule has 0 atom stereocenters. The quantitative estimate of drug-likeness (QED) is 0.452. The van der Waals surface area contributed by atoms with Gasteiger partial charge in [-0.05, 0) is 24.7 Å². The van der Waals surface area contributed by atoms with E-state index in [1.54, 1.807) is 18.1 Å². The van der Waals surface area contributed by atoms with Crippen molar-refractivity contribution in [3.63, 3.8) is 0 Å². The highest BCUT2D eigenvalue weighted by Crippen LogP contribution is 2.52. The van der Waals surface area contributed by atoms with Crippen LogP contribution in [0.2, 0.25) is 0 Å². The Morgan fingerprint density at radius 3 is 2.95 bits per heavy atom. The number of esters is 1. The van der Waals surface area contributed by atoms with Gasteiger partial charge in [-0.2, -0.15) is 0 Å². The zero-order chi connectivity index (χ0) is 14.4. The van der Waals surface area contributed by atoms with Crippen LogP contribution in [0.5, 0.6) is 0 Å². The van der Waals surface area contributed by atoms with Crippen molar-refractivity contribution in [2.24, 2.45) is 5.41 Å². The van der Waals surface area contributed by atoms with E-state index in [1.165, 1.54) is 7.11 Å². The molecule has 0 bridgehead atoms. The number of rotatable bonds is 8. The second-order valence-electron chi connectivity index (χ2n) is 5.21. The van der Waals surface area contributed by atoms with E-state index < -0.39 is 0 Å². The number of carbonyl (C=O) groups is 1. The van der Waals surface area contributed by atoms with Crippen LogP contribution < -0.4 is 5.32 Å². The van der Waals surface area contributed by atoms with E-state index in [-0.39, 0.29) is 11.4 Å². The maximum absolute atomic E-state index is 11.4. The van der Waals surface area contributed by atoms with Gasteiger partial charge in [0.15, 0.2) is 0 Å². The molecule has 6 heteroatoms. The third kappa shape index (κ3) is 4.37. The smallest absolute Gasteiger partial charge is 0.306 e. The van der Waals surface area contributed by atoms with Crippen LogP contribution in [0.4, 0.5) is 5.82 Å². The lowest BCUT2D eigenvalue weighted by Gasteiger charge is -2.12. The molecule has 1 aromatic rings. The van der Waals surface area contributed by atoms with Crippen molar-refractivity contribution >= 4 is 23.5 Å². The molecular weight excluding hydrogens is 274 g/mol. The summed E-state index contributed by atoms with van der Waals surface area (Å²) >= 11 is 1.69. The van der Waals surface area contributed by atoms with Crippen LogP contribution in [0, 0.1) is 5.41 Å². The van der Waals surface area contributed by atoms with Crippen LogP contribution in [-0.4, -0.2) is 35.3 Å². The number of thioether (sulfide) groups is 1. The lowest BCUT2D eigenvalue weighted by molar-refractivity contribution is -0.141. The van der Waals surface area contributed by atoms with E-state index >= 15 is 0 Å². The molecule has 0 amide bonds. The second kappa shape index (κ2) is 6.92. The number of nitrogens with zero attached hydrogens (tertiary/aromatic N) is 2. The Hall–Kier alpha value is -1.30. The molecule has 0 saturated heterocycles. The van der Waals surface area contributed by atoms with Crippen molar-refractivity contribution in [2.45, 2.75) is 37.6 Å². The maximum Gasteiger partial charge on any atom is 0.306 e. The van der Waals surface area contributed by atoms with E-state index in [1.807, 2.05) is 6.07 Å². The zero-order valence-electron chi connectivity index (χ0n) is 12.0. The minimum atomic E-state index is -0.115. The van der Waals surface area contributed by atoms with Gasteiger partial charge in [0.1, 0.15) is 17.2 Å². The number of hydrogen-bond donors (Lipinski definition) is 1. The Labute approximate surface area is 123 Å². The third-order valence-electron chi connectivity index (χ3n) is 3.43. The predicted octanol–water partition coefficient (Wildman–Crippen LogP) is 2.73. The monoisotopic (exact) mass is 295 g/mol. The van der Waals surface area contributed by atoms with Crippen LogP contribution in [-0.2, 0) is 9.53 Å². The Balaban J connectivity index is 1.86. The van der Waals surface area contributed by atoms with E-state index in [9.17, 15) is 4.79 Å². The van der Waals surface area contributed by atoms with Gasteiger partial charge in [0, 0.05) is 18.4 Å². The summed E-state index contributed by atoms with van der Waals surface area (Å²) in [5.74, 6) is 1.66. The van der Waals surface area contributed by atoms with Gasteiger partial charge in [-0.3, -0.25) is 4.79 Å². The predicted molar refractivity (Wildman–Crippen MR) is 79.8 cm³/mol. The molecule has 0 spiro atoms. The summed E-state index contributed by atoms with van der Waals surface area (Å²) < 4.78 is 4.76. The van der Waals surface area contributed by atoms with E-state index in [0.717, 1.165) is 42.4 Å². The fourth-order valence-corrected chi connectivity index (χ4v) is 3.08. The fraction of sp³-hybridized carbons (Fsp3) is 0.643. The Kier molecular flexibility index (Phi) is 5.23. The molecule has 0 unspecified atom stereocenters. The molecule has 1 heterocycles. The number of nitrogens with one attached hydrogen (secondary N) is 1. The summed E-state index contributed by atoms with van der Waals surface area (Å²) in [6.45, 7) is 3.03. The molecule has 2 rings (SSSR count). The molecule has 1 aliphatic rings. The van der Waals surface area contributed by atoms with Crippen LogP contribution in [0.3, 0.4) is 0 Å². The summed E-state index contributed by atoms with van der Waals surface area (Å²) in [6, 6.07) is 1.97. The van der Waals surface area contributed by atoms with E-state index in [0.29, 0.717) is 6.42 Å². The van der Waals surface area contributed by atoms with E-state index in [4.69, 9.17) is 4.74 Å². The molecule has 1 aliphatic carbocycles. The largest absolute Gasteiger partial charge is 0.469 e. The Morgan fingerprint density at radius 1 is 1.50 bits per heavy atom. The highest BCUT2D eigenvalue weighted by atomic mass is 32.2. The first kappa shape index (κ1) is 15.1. The van der Waals surface area contributed by atoms with Gasteiger partial charge in [0.2, 0.25) is 0 Å². The number of anilines is 1. The van der Waals surface area contributed by atoms with Crippen molar-refractivity contribution in [3.8, 4) is 0 Å². The standard InChI is InChI=1S/C14H21N3O2S/c1-3-6-15-11-7-12(17-10-16-11)20-9-14(4-5-14)8-13(18)19-2/h7,10H,3-6,8-9H2,1-2H3,(H,15,16,17). The molecule has 0 radical (unpaired) electrons. The first-order chi connectivity index (χ1) is 9.67. The molecule has 110 valence electrons. The SMILES string of the molecule is CCCNc1cc(SCC2(CC(=O)OC)CC2)ncn1. The van der Waals surface area contributed by atoms with E-state index in [2.05, 4.69) is 22.2 Å². The molecule has 1 fully saturated rings. The van der Waals surface area contributed by atoms with Gasteiger partial charge in [0.05, 0.1) is 13.5 Å². The maximum atomic E-state index is 11.4. The van der Waals surface area contributed by atoms with Crippen LogP contribution in [0.1, 0.15) is 32.6 Å². The lowest BCUT2D eigenvalue weighted by Crippen LogP contribution is -2.13. The van der Waals surface area contributed by atoms with Crippen LogP contribution in [0.15, 0.2) is 17.4 Å².